The number of anilines is 2. The molecule has 0 aliphatic heterocycles. The molecule has 2 aromatic carbocycles. The summed E-state index contributed by atoms with van der Waals surface area (Å²) in [6, 6.07) is 14.2. The van der Waals surface area contributed by atoms with Gasteiger partial charge >= 0.3 is 0 Å². The van der Waals surface area contributed by atoms with Gasteiger partial charge in [-0.15, -0.1) is 0 Å². The van der Waals surface area contributed by atoms with Gasteiger partial charge in [-0.05, 0) is 60.4 Å². The van der Waals surface area contributed by atoms with Crippen molar-refractivity contribution in [3.8, 4) is 0 Å². The lowest BCUT2D eigenvalue weighted by Gasteiger charge is -2.22. The third-order valence-corrected chi connectivity index (χ3v) is 5.95. The summed E-state index contributed by atoms with van der Waals surface area (Å²) in [5.41, 5.74) is 2.86. The molecule has 0 bridgehead atoms. The van der Waals surface area contributed by atoms with Gasteiger partial charge in [0, 0.05) is 37.1 Å². The number of benzene rings is 2. The van der Waals surface area contributed by atoms with E-state index >= 15 is 0 Å². The highest BCUT2D eigenvalue weighted by atomic mass is 32.2. The van der Waals surface area contributed by atoms with Gasteiger partial charge in [0.2, 0.25) is 15.9 Å². The minimum absolute atomic E-state index is 0.0107. The van der Waals surface area contributed by atoms with Crippen molar-refractivity contribution in [2.45, 2.75) is 19.3 Å². The zero-order valence-corrected chi connectivity index (χ0v) is 18.3. The first-order valence-corrected chi connectivity index (χ1v) is 11.8. The van der Waals surface area contributed by atoms with E-state index in [2.05, 4.69) is 10.3 Å². The number of halogens is 2. The molecule has 6 nitrogen and oxygen atoms in total. The molecule has 0 saturated carbocycles. The monoisotopic (exact) mass is 459 g/mol. The summed E-state index contributed by atoms with van der Waals surface area (Å²) >= 11 is 0. The second kappa shape index (κ2) is 10.3. The zero-order valence-electron chi connectivity index (χ0n) is 17.5. The third kappa shape index (κ3) is 6.58. The normalized spacial score (nSPS) is 11.2. The first kappa shape index (κ1) is 23.3. The Bertz CT molecular complexity index is 1170. The number of carbonyl (C=O) groups is 1. The molecule has 0 radical (unpaired) electrons. The van der Waals surface area contributed by atoms with Gasteiger partial charge in [-0.1, -0.05) is 12.1 Å². The average molecular weight is 460 g/mol. The highest BCUT2D eigenvalue weighted by molar-refractivity contribution is 7.92. The molecule has 1 amide bonds. The summed E-state index contributed by atoms with van der Waals surface area (Å²) in [6.07, 6.45) is 5.47. The van der Waals surface area contributed by atoms with Gasteiger partial charge in [-0.2, -0.15) is 0 Å². The minimum atomic E-state index is -3.73. The molecular weight excluding hydrogens is 436 g/mol. The fourth-order valence-electron chi connectivity index (χ4n) is 3.18. The van der Waals surface area contributed by atoms with E-state index in [1.807, 2.05) is 24.3 Å². The molecule has 0 spiro atoms. The van der Waals surface area contributed by atoms with Crippen molar-refractivity contribution in [1.82, 2.24) is 4.98 Å². The first-order valence-electron chi connectivity index (χ1n) is 9.93. The van der Waals surface area contributed by atoms with Gasteiger partial charge in [0.15, 0.2) is 11.6 Å². The Morgan fingerprint density at radius 1 is 0.969 bits per heavy atom. The van der Waals surface area contributed by atoms with E-state index in [1.165, 1.54) is 6.07 Å². The van der Waals surface area contributed by atoms with Crippen LogP contribution < -0.4 is 9.62 Å². The Hall–Kier alpha value is -3.33. The van der Waals surface area contributed by atoms with Crippen molar-refractivity contribution in [2.24, 2.45) is 0 Å². The van der Waals surface area contributed by atoms with Crippen LogP contribution in [0, 0.1) is 11.6 Å². The smallest absolute Gasteiger partial charge is 0.232 e. The molecule has 1 aromatic heterocycles. The highest BCUT2D eigenvalue weighted by Crippen LogP contribution is 2.21. The number of nitrogens with zero attached hydrogens (tertiary/aromatic N) is 2. The topological polar surface area (TPSA) is 79.4 Å². The number of rotatable bonds is 9. The Balaban J connectivity index is 1.53. The molecule has 0 unspecified atom stereocenters. The van der Waals surface area contributed by atoms with Crippen LogP contribution in [0.1, 0.15) is 24.0 Å². The number of aromatic nitrogens is 1. The van der Waals surface area contributed by atoms with Crippen molar-refractivity contribution >= 4 is 27.3 Å². The van der Waals surface area contributed by atoms with Crippen LogP contribution in [0.5, 0.6) is 0 Å². The summed E-state index contributed by atoms with van der Waals surface area (Å²) < 4.78 is 51.7. The molecule has 3 rings (SSSR count). The van der Waals surface area contributed by atoms with Crippen LogP contribution in [0.25, 0.3) is 0 Å². The second-order valence-electron chi connectivity index (χ2n) is 7.31. The van der Waals surface area contributed by atoms with Gasteiger partial charge in [0.25, 0.3) is 0 Å². The van der Waals surface area contributed by atoms with Gasteiger partial charge in [-0.3, -0.25) is 14.1 Å². The van der Waals surface area contributed by atoms with Crippen LogP contribution in [0.15, 0.2) is 67.0 Å². The fraction of sp³-hybridized carbons (Fsp3) is 0.217. The number of carbonyl (C=O) groups excluding carboxylic acids is 1. The van der Waals surface area contributed by atoms with Gasteiger partial charge in [0.1, 0.15) is 0 Å². The molecule has 0 saturated heterocycles. The molecule has 1 heterocycles. The number of hydrogen-bond donors (Lipinski definition) is 1. The Morgan fingerprint density at radius 2 is 1.62 bits per heavy atom. The Kier molecular flexibility index (Phi) is 7.53. The largest absolute Gasteiger partial charge is 0.326 e. The van der Waals surface area contributed by atoms with Gasteiger partial charge in [0.05, 0.1) is 11.9 Å². The van der Waals surface area contributed by atoms with Crippen molar-refractivity contribution < 1.29 is 22.0 Å². The fourth-order valence-corrected chi connectivity index (χ4v) is 4.13. The van der Waals surface area contributed by atoms with E-state index in [9.17, 15) is 22.0 Å². The van der Waals surface area contributed by atoms with Crippen LogP contribution in [0.3, 0.4) is 0 Å². The average Bonchev–Trinajstić information content (AvgIpc) is 2.75. The van der Waals surface area contributed by atoms with Crippen LogP contribution in [0.2, 0.25) is 0 Å². The van der Waals surface area contributed by atoms with E-state index < -0.39 is 21.7 Å². The summed E-state index contributed by atoms with van der Waals surface area (Å²) in [4.78, 5) is 16.3. The van der Waals surface area contributed by atoms with E-state index in [0.29, 0.717) is 5.69 Å². The molecule has 168 valence electrons. The van der Waals surface area contributed by atoms with Crippen molar-refractivity contribution in [1.29, 1.82) is 0 Å². The van der Waals surface area contributed by atoms with E-state index in [1.54, 1.807) is 24.5 Å². The summed E-state index contributed by atoms with van der Waals surface area (Å²) in [5.74, 6) is -2.47. The lowest BCUT2D eigenvalue weighted by atomic mass is 10.1. The lowest BCUT2D eigenvalue weighted by molar-refractivity contribution is -0.116. The van der Waals surface area contributed by atoms with Crippen molar-refractivity contribution in [3.63, 3.8) is 0 Å². The van der Waals surface area contributed by atoms with Crippen LogP contribution in [-0.2, 0) is 21.2 Å². The van der Waals surface area contributed by atoms with Crippen LogP contribution in [0.4, 0.5) is 20.2 Å². The highest BCUT2D eigenvalue weighted by Gasteiger charge is 2.19. The van der Waals surface area contributed by atoms with Crippen LogP contribution >= 0.6 is 0 Å². The van der Waals surface area contributed by atoms with E-state index in [0.717, 1.165) is 40.2 Å². The standard InChI is InChI=1S/C23H23F2N3O3S/c1-32(30,31)28(20-8-9-21(24)22(25)16-20)14-2-3-23(29)27-19-6-4-17(5-7-19)15-18-10-12-26-13-11-18/h4-13,16H,2-3,14-15H2,1H3,(H,27,29). The Morgan fingerprint density at radius 3 is 2.25 bits per heavy atom. The summed E-state index contributed by atoms with van der Waals surface area (Å²) in [6.45, 7) is -0.0395. The molecule has 3 aromatic rings. The number of pyridine rings is 1. The zero-order chi connectivity index (χ0) is 23.1. The second-order valence-corrected chi connectivity index (χ2v) is 9.22. The summed E-state index contributed by atoms with van der Waals surface area (Å²) in [5, 5.41) is 2.78. The van der Waals surface area contributed by atoms with Crippen molar-refractivity contribution in [2.75, 3.05) is 22.4 Å². The number of sulfonamides is 1. The molecule has 0 fully saturated rings. The molecule has 9 heteroatoms. The van der Waals surface area contributed by atoms with Crippen LogP contribution in [-0.4, -0.2) is 32.1 Å². The van der Waals surface area contributed by atoms with Gasteiger partial charge < -0.3 is 5.32 Å². The predicted molar refractivity (Wildman–Crippen MR) is 120 cm³/mol. The molecular formula is C23H23F2N3O3S. The summed E-state index contributed by atoms with van der Waals surface area (Å²) in [7, 11) is -3.73. The molecule has 32 heavy (non-hydrogen) atoms. The maximum Gasteiger partial charge on any atom is 0.232 e. The first-order chi connectivity index (χ1) is 15.2. The minimum Gasteiger partial charge on any atom is -0.326 e. The molecule has 0 atom stereocenters. The Labute approximate surface area is 186 Å². The number of hydrogen-bond acceptors (Lipinski definition) is 4. The maximum absolute atomic E-state index is 13.5. The molecule has 0 aliphatic rings. The van der Waals surface area contributed by atoms with E-state index in [-0.39, 0.29) is 31.0 Å². The molecule has 1 N–H and O–H groups in total. The quantitative estimate of drug-likeness (QED) is 0.522. The lowest BCUT2D eigenvalue weighted by Crippen LogP contribution is -2.31. The number of nitrogens with one attached hydrogen (secondary N) is 1. The third-order valence-electron chi connectivity index (χ3n) is 4.75. The van der Waals surface area contributed by atoms with Gasteiger partial charge in [-0.25, -0.2) is 17.2 Å². The maximum atomic E-state index is 13.5. The predicted octanol–water partition coefficient (Wildman–Crippen LogP) is 4.14. The molecule has 0 aliphatic carbocycles. The SMILES string of the molecule is CS(=O)(=O)N(CCCC(=O)Nc1ccc(Cc2ccncc2)cc1)c1ccc(F)c(F)c1. The number of amides is 1. The van der Waals surface area contributed by atoms with Crippen molar-refractivity contribution in [3.05, 3.63) is 89.8 Å². The van der Waals surface area contributed by atoms with E-state index in [4.69, 9.17) is 0 Å².